The molecule has 0 aromatic heterocycles. The van der Waals surface area contributed by atoms with Gasteiger partial charge in [-0.1, -0.05) is 0 Å². The molecule has 1 saturated heterocycles. The van der Waals surface area contributed by atoms with Crippen LogP contribution in [0.25, 0.3) is 0 Å². The summed E-state index contributed by atoms with van der Waals surface area (Å²) in [7, 11) is 0. The number of hydrogen-bond acceptors (Lipinski definition) is 3. The molecule has 1 amide bonds. The average molecular weight is 255 g/mol. The summed E-state index contributed by atoms with van der Waals surface area (Å²) in [6.45, 7) is -0.724. The fourth-order valence-electron chi connectivity index (χ4n) is 1.89. The molecule has 1 rings (SSSR count). The Morgan fingerprint density at radius 2 is 1.94 bits per heavy atom. The van der Waals surface area contributed by atoms with Crippen molar-refractivity contribution in [1.29, 1.82) is 0 Å². The number of nitrogens with zero attached hydrogens (tertiary/aromatic N) is 1. The topological polar surface area (TPSA) is 77.8 Å². The van der Waals surface area contributed by atoms with Crippen LogP contribution in [0.4, 0.5) is 13.2 Å². The summed E-state index contributed by atoms with van der Waals surface area (Å²) >= 11 is 0. The molecular weight excluding hydrogens is 243 g/mol. The summed E-state index contributed by atoms with van der Waals surface area (Å²) in [5, 5.41) is 18.3. The Morgan fingerprint density at radius 3 is 2.41 bits per heavy atom. The first-order chi connectivity index (χ1) is 7.64. The maximum atomic E-state index is 12.2. The molecule has 17 heavy (non-hydrogen) atoms. The van der Waals surface area contributed by atoms with Crippen LogP contribution in [0, 0.1) is 0 Å². The van der Waals surface area contributed by atoms with Crippen LogP contribution in [-0.2, 0) is 9.59 Å². The van der Waals surface area contributed by atoms with Crippen molar-refractivity contribution in [3.05, 3.63) is 0 Å². The lowest BCUT2D eigenvalue weighted by Crippen LogP contribution is -2.54. The van der Waals surface area contributed by atoms with Crippen molar-refractivity contribution >= 4 is 11.9 Å². The molecule has 98 valence electrons. The predicted molar refractivity (Wildman–Crippen MR) is 49.1 cm³/mol. The quantitative estimate of drug-likeness (QED) is 0.747. The van der Waals surface area contributed by atoms with Gasteiger partial charge >= 0.3 is 18.1 Å². The standard InChI is InChI=1S/C9H12F3NO4/c10-9(11,12)7(16)13-3-1-2-8(17,5-13)4-6(14)15/h17H,1-5H2,(H,14,15). The van der Waals surface area contributed by atoms with Gasteiger partial charge in [0.15, 0.2) is 0 Å². The second-order valence-electron chi connectivity index (χ2n) is 4.12. The minimum Gasteiger partial charge on any atom is -0.481 e. The number of hydrogen-bond donors (Lipinski definition) is 2. The Morgan fingerprint density at radius 1 is 1.35 bits per heavy atom. The van der Waals surface area contributed by atoms with E-state index < -0.39 is 36.6 Å². The molecule has 1 heterocycles. The van der Waals surface area contributed by atoms with Crippen LogP contribution >= 0.6 is 0 Å². The van der Waals surface area contributed by atoms with Crippen LogP contribution in [0.2, 0.25) is 0 Å². The Hall–Kier alpha value is -1.31. The van der Waals surface area contributed by atoms with Crippen molar-refractivity contribution in [3.8, 4) is 0 Å². The molecule has 8 heteroatoms. The number of β-amino-alcohol motifs (C(OH)–C–C–N with tert-alkyl or cyclic N) is 1. The summed E-state index contributed by atoms with van der Waals surface area (Å²) in [5.41, 5.74) is -1.77. The Bertz CT molecular complexity index is 331. The smallest absolute Gasteiger partial charge is 0.471 e. The Labute approximate surface area is 94.8 Å². The van der Waals surface area contributed by atoms with Crippen LogP contribution in [0.3, 0.4) is 0 Å². The van der Waals surface area contributed by atoms with Gasteiger partial charge in [-0.3, -0.25) is 9.59 Å². The summed E-state index contributed by atoms with van der Waals surface area (Å²) in [4.78, 5) is 21.8. The van der Waals surface area contributed by atoms with Gasteiger partial charge in [0.05, 0.1) is 18.6 Å². The van der Waals surface area contributed by atoms with E-state index in [2.05, 4.69) is 0 Å². The molecule has 0 bridgehead atoms. The third kappa shape index (κ3) is 3.58. The van der Waals surface area contributed by atoms with Gasteiger partial charge in [-0.05, 0) is 12.8 Å². The first-order valence-electron chi connectivity index (χ1n) is 4.94. The molecule has 0 aromatic rings. The number of rotatable bonds is 2. The number of carboxylic acid groups (broad SMARTS) is 1. The monoisotopic (exact) mass is 255 g/mol. The number of carbonyl (C=O) groups is 2. The highest BCUT2D eigenvalue weighted by atomic mass is 19.4. The van der Waals surface area contributed by atoms with Crippen LogP contribution in [0.1, 0.15) is 19.3 Å². The third-order valence-electron chi connectivity index (χ3n) is 2.57. The van der Waals surface area contributed by atoms with Gasteiger partial charge in [-0.15, -0.1) is 0 Å². The Kier molecular flexibility index (Phi) is 3.65. The Balaban J connectivity index is 2.73. The van der Waals surface area contributed by atoms with Crippen molar-refractivity contribution in [2.24, 2.45) is 0 Å². The van der Waals surface area contributed by atoms with Crippen molar-refractivity contribution in [1.82, 2.24) is 4.90 Å². The highest BCUT2D eigenvalue weighted by molar-refractivity contribution is 5.82. The van der Waals surface area contributed by atoms with Gasteiger partial charge in [0, 0.05) is 6.54 Å². The van der Waals surface area contributed by atoms with E-state index in [-0.39, 0.29) is 19.4 Å². The molecule has 1 fully saturated rings. The minimum atomic E-state index is -5.00. The van der Waals surface area contributed by atoms with Crippen molar-refractivity contribution in [2.45, 2.75) is 31.0 Å². The van der Waals surface area contributed by atoms with E-state index in [1.54, 1.807) is 0 Å². The van der Waals surface area contributed by atoms with E-state index in [1.807, 2.05) is 0 Å². The molecule has 0 aliphatic carbocycles. The summed E-state index contributed by atoms with van der Waals surface area (Å²) in [5.74, 6) is -3.35. The van der Waals surface area contributed by atoms with Gasteiger partial charge in [-0.25, -0.2) is 0 Å². The SMILES string of the molecule is O=C(O)CC1(O)CCCN(C(=O)C(F)(F)F)C1. The number of aliphatic hydroxyl groups is 1. The molecule has 0 radical (unpaired) electrons. The molecule has 0 spiro atoms. The number of piperidine rings is 1. The lowest BCUT2D eigenvalue weighted by molar-refractivity contribution is -0.191. The number of carbonyl (C=O) groups excluding carboxylic acids is 1. The number of carboxylic acids is 1. The zero-order chi connectivity index (χ0) is 13.3. The zero-order valence-electron chi connectivity index (χ0n) is 8.83. The highest BCUT2D eigenvalue weighted by Gasteiger charge is 2.46. The summed E-state index contributed by atoms with van der Waals surface area (Å²) < 4.78 is 36.5. The normalized spacial score (nSPS) is 25.8. The fourth-order valence-corrected chi connectivity index (χ4v) is 1.89. The van der Waals surface area contributed by atoms with Crippen LogP contribution in [-0.4, -0.2) is 51.9 Å². The molecule has 2 N–H and O–H groups in total. The molecule has 1 aliphatic heterocycles. The molecule has 0 saturated carbocycles. The van der Waals surface area contributed by atoms with Crippen molar-refractivity contribution < 1.29 is 33.0 Å². The van der Waals surface area contributed by atoms with Gasteiger partial charge < -0.3 is 15.1 Å². The van der Waals surface area contributed by atoms with Crippen LogP contribution in [0.15, 0.2) is 0 Å². The molecule has 5 nitrogen and oxygen atoms in total. The highest BCUT2D eigenvalue weighted by Crippen LogP contribution is 2.28. The van der Waals surface area contributed by atoms with Crippen LogP contribution < -0.4 is 0 Å². The maximum absolute atomic E-state index is 12.2. The average Bonchev–Trinajstić information content (AvgIpc) is 2.13. The first-order valence-corrected chi connectivity index (χ1v) is 4.94. The lowest BCUT2D eigenvalue weighted by atomic mass is 9.89. The van der Waals surface area contributed by atoms with Gasteiger partial charge in [0.25, 0.3) is 0 Å². The van der Waals surface area contributed by atoms with Gasteiger partial charge in [0.2, 0.25) is 0 Å². The van der Waals surface area contributed by atoms with E-state index in [9.17, 15) is 27.9 Å². The zero-order valence-corrected chi connectivity index (χ0v) is 8.83. The second kappa shape index (κ2) is 4.52. The summed E-state index contributed by atoms with van der Waals surface area (Å²) in [6.07, 6.45) is -5.46. The van der Waals surface area contributed by atoms with E-state index >= 15 is 0 Å². The lowest BCUT2D eigenvalue weighted by Gasteiger charge is -2.38. The third-order valence-corrected chi connectivity index (χ3v) is 2.57. The summed E-state index contributed by atoms with van der Waals surface area (Å²) in [6, 6.07) is 0. The predicted octanol–water partition coefficient (Wildman–Crippen LogP) is 0.377. The van der Waals surface area contributed by atoms with Crippen molar-refractivity contribution in [3.63, 3.8) is 0 Å². The number of halogens is 3. The largest absolute Gasteiger partial charge is 0.481 e. The molecule has 1 unspecified atom stereocenters. The molecular formula is C9H12F3NO4. The number of amides is 1. The van der Waals surface area contributed by atoms with Gasteiger partial charge in [0.1, 0.15) is 0 Å². The fraction of sp³-hybridized carbons (Fsp3) is 0.778. The van der Waals surface area contributed by atoms with Crippen LogP contribution in [0.5, 0.6) is 0 Å². The number of likely N-dealkylation sites (tertiary alicyclic amines) is 1. The number of aliphatic carboxylic acids is 1. The molecule has 0 aromatic carbocycles. The minimum absolute atomic E-state index is 0.0704. The number of alkyl halides is 3. The second-order valence-corrected chi connectivity index (χ2v) is 4.12. The maximum Gasteiger partial charge on any atom is 0.471 e. The van der Waals surface area contributed by atoms with E-state index in [1.165, 1.54) is 0 Å². The molecule has 1 atom stereocenters. The van der Waals surface area contributed by atoms with E-state index in [0.29, 0.717) is 4.90 Å². The van der Waals surface area contributed by atoms with Gasteiger partial charge in [-0.2, -0.15) is 13.2 Å². The molecule has 1 aliphatic rings. The van der Waals surface area contributed by atoms with E-state index in [4.69, 9.17) is 5.11 Å². The first kappa shape index (κ1) is 13.8. The van der Waals surface area contributed by atoms with Crippen molar-refractivity contribution in [2.75, 3.05) is 13.1 Å². The van der Waals surface area contributed by atoms with E-state index in [0.717, 1.165) is 0 Å².